The second-order valence-electron chi connectivity index (χ2n) is 6.27. The van der Waals surface area contributed by atoms with Gasteiger partial charge in [-0.15, -0.1) is 0 Å². The zero-order valence-electron chi connectivity index (χ0n) is 14.1. The van der Waals surface area contributed by atoms with Gasteiger partial charge in [-0.05, 0) is 42.7 Å². The molecule has 1 aliphatic heterocycles. The lowest BCUT2D eigenvalue weighted by molar-refractivity contribution is -0.117. The molecule has 2 amide bonds. The molecule has 0 aromatic heterocycles. The summed E-state index contributed by atoms with van der Waals surface area (Å²) >= 11 is 0. The SMILES string of the molecule is CC[C@H](C)NC(=O)c1ccc2c(c1)CC(=O)N2Cc1ccccc1. The second-order valence-corrected chi connectivity index (χ2v) is 6.27. The summed E-state index contributed by atoms with van der Waals surface area (Å²) in [7, 11) is 0. The molecule has 0 fully saturated rings. The van der Waals surface area contributed by atoms with Gasteiger partial charge in [-0.25, -0.2) is 0 Å². The van der Waals surface area contributed by atoms with E-state index >= 15 is 0 Å². The Hall–Kier alpha value is -2.62. The highest BCUT2D eigenvalue weighted by atomic mass is 16.2. The fourth-order valence-electron chi connectivity index (χ4n) is 2.87. The van der Waals surface area contributed by atoms with Gasteiger partial charge in [0.2, 0.25) is 5.91 Å². The van der Waals surface area contributed by atoms with Crippen LogP contribution in [0.15, 0.2) is 48.5 Å². The number of fused-ring (bicyclic) bond motifs is 1. The first-order valence-corrected chi connectivity index (χ1v) is 8.36. The molecule has 124 valence electrons. The first-order chi connectivity index (χ1) is 11.6. The molecule has 0 radical (unpaired) electrons. The van der Waals surface area contributed by atoms with Gasteiger partial charge in [0.25, 0.3) is 5.91 Å². The van der Waals surface area contributed by atoms with E-state index in [1.54, 1.807) is 11.0 Å². The van der Waals surface area contributed by atoms with Crippen molar-refractivity contribution in [2.24, 2.45) is 0 Å². The summed E-state index contributed by atoms with van der Waals surface area (Å²) in [4.78, 5) is 26.4. The van der Waals surface area contributed by atoms with Gasteiger partial charge < -0.3 is 10.2 Å². The molecule has 0 saturated carbocycles. The first kappa shape index (κ1) is 16.2. The minimum Gasteiger partial charge on any atom is -0.350 e. The molecule has 1 N–H and O–H groups in total. The maximum absolute atomic E-state index is 12.4. The van der Waals surface area contributed by atoms with Crippen molar-refractivity contribution in [1.29, 1.82) is 0 Å². The molecule has 4 nitrogen and oxygen atoms in total. The lowest BCUT2D eigenvalue weighted by Crippen LogP contribution is -2.31. The van der Waals surface area contributed by atoms with Crippen LogP contribution in [-0.2, 0) is 17.8 Å². The van der Waals surface area contributed by atoms with Crippen LogP contribution >= 0.6 is 0 Å². The van der Waals surface area contributed by atoms with Gasteiger partial charge in [0, 0.05) is 17.3 Å². The van der Waals surface area contributed by atoms with Gasteiger partial charge >= 0.3 is 0 Å². The van der Waals surface area contributed by atoms with Crippen molar-refractivity contribution < 1.29 is 9.59 Å². The molecule has 0 spiro atoms. The lowest BCUT2D eigenvalue weighted by atomic mass is 10.1. The number of carbonyl (C=O) groups excluding carboxylic acids is 2. The third-order valence-corrected chi connectivity index (χ3v) is 4.45. The zero-order valence-corrected chi connectivity index (χ0v) is 14.1. The van der Waals surface area contributed by atoms with Gasteiger partial charge in [0.1, 0.15) is 0 Å². The molecule has 1 aliphatic rings. The highest BCUT2D eigenvalue weighted by molar-refractivity contribution is 6.03. The van der Waals surface area contributed by atoms with E-state index in [0.717, 1.165) is 23.2 Å². The standard InChI is InChI=1S/C20H22N2O2/c1-3-14(2)21-20(24)16-9-10-18-17(11-16)12-19(23)22(18)13-15-7-5-4-6-8-15/h4-11,14H,3,12-13H2,1-2H3,(H,21,24)/t14-/m0/s1. The summed E-state index contributed by atoms with van der Waals surface area (Å²) in [5.41, 5.74) is 3.54. The highest BCUT2D eigenvalue weighted by Gasteiger charge is 2.28. The lowest BCUT2D eigenvalue weighted by Gasteiger charge is -2.18. The summed E-state index contributed by atoms with van der Waals surface area (Å²) < 4.78 is 0. The number of nitrogens with one attached hydrogen (secondary N) is 1. The molecule has 0 saturated heterocycles. The number of anilines is 1. The van der Waals surface area contributed by atoms with Crippen LogP contribution in [0.2, 0.25) is 0 Å². The Morgan fingerprint density at radius 3 is 2.67 bits per heavy atom. The number of hydrogen-bond donors (Lipinski definition) is 1. The Bertz CT molecular complexity index is 755. The van der Waals surface area contributed by atoms with E-state index in [-0.39, 0.29) is 17.9 Å². The molecule has 3 rings (SSSR count). The monoisotopic (exact) mass is 322 g/mol. The van der Waals surface area contributed by atoms with Crippen LogP contribution in [0.1, 0.15) is 41.8 Å². The Labute approximate surface area is 142 Å². The van der Waals surface area contributed by atoms with Gasteiger partial charge in [0.15, 0.2) is 0 Å². The van der Waals surface area contributed by atoms with Gasteiger partial charge in [-0.3, -0.25) is 9.59 Å². The van der Waals surface area contributed by atoms with Crippen LogP contribution in [0, 0.1) is 0 Å². The van der Waals surface area contributed by atoms with E-state index < -0.39 is 0 Å². The number of carbonyl (C=O) groups is 2. The van der Waals surface area contributed by atoms with E-state index in [1.165, 1.54) is 0 Å². The number of hydrogen-bond acceptors (Lipinski definition) is 2. The Balaban J connectivity index is 1.80. The summed E-state index contributed by atoms with van der Waals surface area (Å²) in [6.45, 7) is 4.58. The quantitative estimate of drug-likeness (QED) is 0.918. The highest BCUT2D eigenvalue weighted by Crippen LogP contribution is 2.31. The van der Waals surface area contributed by atoms with Crippen molar-refractivity contribution in [3.05, 3.63) is 65.2 Å². The Kier molecular flexibility index (Phi) is 4.65. The van der Waals surface area contributed by atoms with Crippen LogP contribution in [0.5, 0.6) is 0 Å². The Morgan fingerprint density at radius 2 is 1.96 bits per heavy atom. The normalized spacial score (nSPS) is 14.4. The van der Waals surface area contributed by atoms with E-state index in [4.69, 9.17) is 0 Å². The van der Waals surface area contributed by atoms with E-state index in [0.29, 0.717) is 18.5 Å². The molecule has 0 bridgehead atoms. The largest absolute Gasteiger partial charge is 0.350 e. The average Bonchev–Trinajstić information content (AvgIpc) is 2.90. The van der Waals surface area contributed by atoms with E-state index in [2.05, 4.69) is 5.32 Å². The third kappa shape index (κ3) is 3.32. The number of amides is 2. The van der Waals surface area contributed by atoms with Crippen molar-refractivity contribution in [1.82, 2.24) is 5.32 Å². The topological polar surface area (TPSA) is 49.4 Å². The molecule has 1 atom stereocenters. The van der Waals surface area contributed by atoms with Crippen molar-refractivity contribution in [3.63, 3.8) is 0 Å². The van der Waals surface area contributed by atoms with Crippen molar-refractivity contribution >= 4 is 17.5 Å². The van der Waals surface area contributed by atoms with Gasteiger partial charge in [-0.2, -0.15) is 0 Å². The van der Waals surface area contributed by atoms with Gasteiger partial charge in [-0.1, -0.05) is 37.3 Å². The first-order valence-electron chi connectivity index (χ1n) is 8.36. The molecule has 0 aliphatic carbocycles. The molecule has 24 heavy (non-hydrogen) atoms. The van der Waals surface area contributed by atoms with E-state index in [1.807, 2.05) is 56.3 Å². The van der Waals surface area contributed by atoms with Crippen LogP contribution in [0.4, 0.5) is 5.69 Å². The summed E-state index contributed by atoms with van der Waals surface area (Å²) in [6.07, 6.45) is 1.24. The minimum absolute atomic E-state index is 0.0772. The van der Waals surface area contributed by atoms with E-state index in [9.17, 15) is 9.59 Å². The molecule has 2 aromatic rings. The second kappa shape index (κ2) is 6.87. The summed E-state index contributed by atoms with van der Waals surface area (Å²) in [5.74, 6) is -0.00514. The minimum atomic E-state index is -0.0823. The fraction of sp³-hybridized carbons (Fsp3) is 0.300. The number of nitrogens with zero attached hydrogens (tertiary/aromatic N) is 1. The van der Waals surface area contributed by atoms with Crippen molar-refractivity contribution in [2.45, 2.75) is 39.3 Å². The predicted molar refractivity (Wildman–Crippen MR) is 95.0 cm³/mol. The maximum Gasteiger partial charge on any atom is 0.251 e. The third-order valence-electron chi connectivity index (χ3n) is 4.45. The smallest absolute Gasteiger partial charge is 0.251 e. The molecule has 2 aromatic carbocycles. The maximum atomic E-state index is 12.4. The molecule has 1 heterocycles. The van der Waals surface area contributed by atoms with Gasteiger partial charge in [0.05, 0.1) is 13.0 Å². The summed E-state index contributed by atoms with van der Waals surface area (Å²) in [6, 6.07) is 15.6. The van der Waals surface area contributed by atoms with Crippen LogP contribution in [-0.4, -0.2) is 17.9 Å². The van der Waals surface area contributed by atoms with Crippen molar-refractivity contribution in [3.8, 4) is 0 Å². The molecule has 0 unspecified atom stereocenters. The summed E-state index contributed by atoms with van der Waals surface area (Å²) in [5, 5.41) is 2.96. The predicted octanol–water partition coefficient (Wildman–Crippen LogP) is 3.30. The average molecular weight is 322 g/mol. The van der Waals surface area contributed by atoms with Crippen LogP contribution in [0.25, 0.3) is 0 Å². The molecular weight excluding hydrogens is 300 g/mol. The number of rotatable bonds is 5. The number of benzene rings is 2. The fourth-order valence-corrected chi connectivity index (χ4v) is 2.87. The van der Waals surface area contributed by atoms with Crippen LogP contribution in [0.3, 0.4) is 0 Å². The van der Waals surface area contributed by atoms with Crippen molar-refractivity contribution in [2.75, 3.05) is 4.90 Å². The molecular formula is C20H22N2O2. The zero-order chi connectivity index (χ0) is 17.1. The van der Waals surface area contributed by atoms with Crippen LogP contribution < -0.4 is 10.2 Å². The molecule has 4 heteroatoms. The Morgan fingerprint density at radius 1 is 1.21 bits per heavy atom.